The quantitative estimate of drug-likeness (QED) is 0.319. The summed E-state index contributed by atoms with van der Waals surface area (Å²) in [5.74, 6) is 0.719. The highest BCUT2D eigenvalue weighted by Gasteiger charge is 2.03. The molecule has 5 nitrogen and oxygen atoms in total. The van der Waals surface area contributed by atoms with Crippen LogP contribution in [0.5, 0.6) is 0 Å². The van der Waals surface area contributed by atoms with Crippen LogP contribution in [0.2, 0.25) is 0 Å². The number of hydrogen-bond donors (Lipinski definition) is 3. The van der Waals surface area contributed by atoms with Crippen LogP contribution in [0, 0.1) is 0 Å². The molecule has 2 rings (SSSR count). The van der Waals surface area contributed by atoms with Crippen molar-refractivity contribution >= 4 is 47.2 Å². The van der Waals surface area contributed by atoms with Gasteiger partial charge >= 0.3 is 0 Å². The molecule has 3 N–H and O–H groups in total. The van der Waals surface area contributed by atoms with Gasteiger partial charge in [-0.25, -0.2) is 4.99 Å². The summed E-state index contributed by atoms with van der Waals surface area (Å²) in [5, 5.41) is 9.25. The van der Waals surface area contributed by atoms with Crippen LogP contribution in [0.1, 0.15) is 39.5 Å². The van der Waals surface area contributed by atoms with Gasteiger partial charge in [0.15, 0.2) is 5.96 Å². The topological polar surface area (TPSA) is 65.5 Å². The van der Waals surface area contributed by atoms with Crippen molar-refractivity contribution in [3.63, 3.8) is 0 Å². The van der Waals surface area contributed by atoms with E-state index in [2.05, 4.69) is 46.9 Å². The Labute approximate surface area is 176 Å². The van der Waals surface area contributed by atoms with Gasteiger partial charge in [0, 0.05) is 28.9 Å². The van der Waals surface area contributed by atoms with Crippen molar-refractivity contribution in [2.75, 3.05) is 13.6 Å². The molecule has 0 saturated carbocycles. The number of carbonyl (C=O) groups excluding carboxylic acids is 1. The van der Waals surface area contributed by atoms with Crippen LogP contribution in [0.15, 0.2) is 41.4 Å². The van der Waals surface area contributed by atoms with Gasteiger partial charge in [-0.2, -0.15) is 0 Å². The van der Waals surface area contributed by atoms with Crippen molar-refractivity contribution in [2.45, 2.75) is 33.4 Å². The fraction of sp³-hybridized carbons (Fsp3) is 0.368. The Morgan fingerprint density at radius 2 is 1.73 bits per heavy atom. The van der Waals surface area contributed by atoms with E-state index in [4.69, 9.17) is 0 Å². The number of nitrogens with zero attached hydrogens (tertiary/aromatic N) is 1. The van der Waals surface area contributed by atoms with Crippen LogP contribution in [-0.4, -0.2) is 25.5 Å². The molecule has 142 valence electrons. The fourth-order valence-corrected chi connectivity index (χ4v) is 3.19. The van der Waals surface area contributed by atoms with E-state index in [-0.39, 0.29) is 29.9 Å². The Hall–Kier alpha value is -1.61. The lowest BCUT2D eigenvalue weighted by Crippen LogP contribution is -2.36. The van der Waals surface area contributed by atoms with Crippen LogP contribution in [0.3, 0.4) is 0 Å². The number of aryl methyl sites for hydroxylation is 1. The third-order valence-electron chi connectivity index (χ3n) is 3.70. The molecule has 0 radical (unpaired) electrons. The van der Waals surface area contributed by atoms with E-state index in [1.54, 1.807) is 7.05 Å². The lowest BCUT2D eigenvalue weighted by molar-refractivity contribution is 0.0963. The van der Waals surface area contributed by atoms with Crippen molar-refractivity contribution in [3.8, 4) is 0 Å². The number of carbonyl (C=O) groups is 1. The zero-order valence-corrected chi connectivity index (χ0v) is 18.6. The molecule has 0 aliphatic carbocycles. The molecule has 2 aromatic rings. The Morgan fingerprint density at radius 1 is 1.04 bits per heavy atom. The third kappa shape index (κ3) is 6.95. The van der Waals surface area contributed by atoms with Gasteiger partial charge in [-0.3, -0.25) is 4.79 Å². The van der Waals surface area contributed by atoms with Crippen molar-refractivity contribution < 1.29 is 4.79 Å². The SMILES string of the molecule is CCNC(=NCc1ccc(C(=O)NC)cc1)NCc1ccc(CC)s1.I. The van der Waals surface area contributed by atoms with Crippen LogP contribution < -0.4 is 16.0 Å². The van der Waals surface area contributed by atoms with E-state index in [1.807, 2.05) is 35.6 Å². The van der Waals surface area contributed by atoms with Crippen LogP contribution in [0.4, 0.5) is 0 Å². The summed E-state index contributed by atoms with van der Waals surface area (Å²) in [5.41, 5.74) is 1.72. The molecule has 1 heterocycles. The first-order valence-corrected chi connectivity index (χ1v) is 9.38. The number of hydrogen-bond acceptors (Lipinski definition) is 3. The monoisotopic (exact) mass is 486 g/mol. The first-order chi connectivity index (χ1) is 12.2. The van der Waals surface area contributed by atoms with E-state index in [1.165, 1.54) is 9.75 Å². The number of rotatable bonds is 7. The smallest absolute Gasteiger partial charge is 0.251 e. The zero-order chi connectivity index (χ0) is 18.1. The number of aliphatic imine (C=N–C) groups is 1. The second-order valence-corrected chi connectivity index (χ2v) is 6.80. The van der Waals surface area contributed by atoms with Gasteiger partial charge in [-0.15, -0.1) is 35.3 Å². The predicted molar refractivity (Wildman–Crippen MR) is 121 cm³/mol. The summed E-state index contributed by atoms with van der Waals surface area (Å²) >= 11 is 1.83. The zero-order valence-electron chi connectivity index (χ0n) is 15.5. The molecule has 1 aromatic carbocycles. The maximum atomic E-state index is 11.6. The minimum atomic E-state index is -0.0764. The average molecular weight is 486 g/mol. The maximum absolute atomic E-state index is 11.6. The molecule has 0 saturated heterocycles. The molecule has 0 bridgehead atoms. The maximum Gasteiger partial charge on any atom is 0.251 e. The Bertz CT molecular complexity index is 713. The fourth-order valence-electron chi connectivity index (χ4n) is 2.30. The number of halogens is 1. The highest BCUT2D eigenvalue weighted by Crippen LogP contribution is 2.16. The largest absolute Gasteiger partial charge is 0.357 e. The molecule has 0 aliphatic rings. The summed E-state index contributed by atoms with van der Waals surface area (Å²) in [6.45, 7) is 6.37. The van der Waals surface area contributed by atoms with Gasteiger partial charge in [0.1, 0.15) is 0 Å². The van der Waals surface area contributed by atoms with E-state index in [9.17, 15) is 4.79 Å². The summed E-state index contributed by atoms with van der Waals surface area (Å²) in [6.07, 6.45) is 1.07. The molecule has 0 atom stereocenters. The lowest BCUT2D eigenvalue weighted by Gasteiger charge is -2.10. The minimum Gasteiger partial charge on any atom is -0.357 e. The summed E-state index contributed by atoms with van der Waals surface area (Å²) in [4.78, 5) is 18.9. The van der Waals surface area contributed by atoms with Crippen LogP contribution >= 0.6 is 35.3 Å². The Kier molecular flexibility index (Phi) is 10.3. The van der Waals surface area contributed by atoms with E-state index in [0.29, 0.717) is 12.1 Å². The molecule has 1 amide bonds. The first kappa shape index (κ1) is 22.4. The van der Waals surface area contributed by atoms with E-state index >= 15 is 0 Å². The third-order valence-corrected chi connectivity index (χ3v) is 4.93. The normalized spacial score (nSPS) is 10.8. The highest BCUT2D eigenvalue weighted by molar-refractivity contribution is 14.0. The van der Waals surface area contributed by atoms with Gasteiger partial charge in [0.05, 0.1) is 13.1 Å². The van der Waals surface area contributed by atoms with Crippen molar-refractivity contribution in [1.29, 1.82) is 0 Å². The van der Waals surface area contributed by atoms with Gasteiger partial charge in [0.25, 0.3) is 5.91 Å². The predicted octanol–water partition coefficient (Wildman–Crippen LogP) is 3.54. The number of guanidine groups is 1. The number of thiophene rings is 1. The molecule has 0 unspecified atom stereocenters. The highest BCUT2D eigenvalue weighted by atomic mass is 127. The van der Waals surface area contributed by atoms with Crippen molar-refractivity contribution in [3.05, 3.63) is 57.3 Å². The van der Waals surface area contributed by atoms with Gasteiger partial charge in [-0.1, -0.05) is 19.1 Å². The molecule has 1 aromatic heterocycles. The van der Waals surface area contributed by atoms with Crippen LogP contribution in [-0.2, 0) is 19.5 Å². The standard InChI is InChI=1S/C19H26N4OS.HI/c1-4-16-10-11-17(25-16)13-23-19(21-5-2)22-12-14-6-8-15(9-7-14)18(24)20-3;/h6-11H,4-5,12-13H2,1-3H3,(H,20,24)(H2,21,22,23);1H. The van der Waals surface area contributed by atoms with Gasteiger partial charge in [-0.05, 0) is 43.2 Å². The average Bonchev–Trinajstić information content (AvgIpc) is 3.12. The molecule has 0 fully saturated rings. The minimum absolute atomic E-state index is 0. The van der Waals surface area contributed by atoms with Crippen molar-refractivity contribution in [2.24, 2.45) is 4.99 Å². The molecule has 0 aliphatic heterocycles. The summed E-state index contributed by atoms with van der Waals surface area (Å²) in [7, 11) is 1.63. The number of nitrogens with one attached hydrogen (secondary N) is 3. The Balaban J connectivity index is 0.00000338. The molecular weight excluding hydrogens is 459 g/mol. The molecular formula is C19H27IN4OS. The van der Waals surface area contributed by atoms with E-state index < -0.39 is 0 Å². The summed E-state index contributed by atoms with van der Waals surface area (Å²) < 4.78 is 0. The van der Waals surface area contributed by atoms with E-state index in [0.717, 1.165) is 31.0 Å². The first-order valence-electron chi connectivity index (χ1n) is 8.57. The molecule has 7 heteroatoms. The molecule has 26 heavy (non-hydrogen) atoms. The van der Waals surface area contributed by atoms with Gasteiger partial charge in [0.2, 0.25) is 0 Å². The second kappa shape index (κ2) is 11.9. The lowest BCUT2D eigenvalue weighted by atomic mass is 10.1. The second-order valence-electron chi connectivity index (χ2n) is 5.55. The van der Waals surface area contributed by atoms with Gasteiger partial charge < -0.3 is 16.0 Å². The van der Waals surface area contributed by atoms with Crippen molar-refractivity contribution in [1.82, 2.24) is 16.0 Å². The number of benzene rings is 1. The molecule has 0 spiro atoms. The summed E-state index contributed by atoms with van der Waals surface area (Å²) in [6, 6.07) is 11.9. The van der Waals surface area contributed by atoms with Crippen LogP contribution in [0.25, 0.3) is 0 Å². The number of amides is 1. The Morgan fingerprint density at radius 3 is 2.31 bits per heavy atom.